The standard InChI is InChI=1S/C24H27F3N6O2/c25-24(26,27)21-19(4-1-5-28-21)35-13-16-3-2-6-32(11-16)20-10-29-18-9-30-33(22(18)31-20)12-17-7-23(8-17)14-34-15-23/h1,4-5,9-10,16-17H,2-3,6-8,11-15H2/t16-/m0/s1. The number of anilines is 1. The quantitative estimate of drug-likeness (QED) is 0.520. The molecule has 1 aliphatic carbocycles. The van der Waals surface area contributed by atoms with Gasteiger partial charge in [-0.25, -0.2) is 19.6 Å². The van der Waals surface area contributed by atoms with E-state index in [0.29, 0.717) is 17.9 Å². The van der Waals surface area contributed by atoms with E-state index in [0.717, 1.165) is 62.3 Å². The van der Waals surface area contributed by atoms with Crippen molar-refractivity contribution in [3.05, 3.63) is 36.4 Å². The zero-order valence-electron chi connectivity index (χ0n) is 19.2. The molecule has 0 unspecified atom stereocenters. The van der Waals surface area contributed by atoms with Gasteiger partial charge in [-0.2, -0.15) is 18.3 Å². The van der Waals surface area contributed by atoms with Gasteiger partial charge in [0.1, 0.15) is 17.1 Å². The molecule has 0 aromatic carbocycles. The lowest BCUT2D eigenvalue weighted by atomic mass is 9.61. The summed E-state index contributed by atoms with van der Waals surface area (Å²) in [6, 6.07) is 2.77. The molecule has 5 heterocycles. The molecule has 0 bridgehead atoms. The van der Waals surface area contributed by atoms with Crippen LogP contribution in [0.2, 0.25) is 0 Å². The van der Waals surface area contributed by atoms with Gasteiger partial charge in [-0.05, 0) is 43.7 Å². The van der Waals surface area contributed by atoms with Crippen LogP contribution in [-0.4, -0.2) is 57.6 Å². The number of alkyl halides is 3. The smallest absolute Gasteiger partial charge is 0.437 e. The molecule has 1 saturated carbocycles. The Kier molecular flexibility index (Phi) is 5.54. The summed E-state index contributed by atoms with van der Waals surface area (Å²) in [6.45, 7) is 4.23. The van der Waals surface area contributed by atoms with Crippen molar-refractivity contribution in [3.63, 3.8) is 0 Å². The summed E-state index contributed by atoms with van der Waals surface area (Å²) in [5.41, 5.74) is 0.964. The van der Waals surface area contributed by atoms with Gasteiger partial charge in [-0.1, -0.05) is 0 Å². The van der Waals surface area contributed by atoms with Gasteiger partial charge in [-0.3, -0.25) is 0 Å². The number of halogens is 3. The monoisotopic (exact) mass is 488 g/mol. The SMILES string of the molecule is FC(F)(F)c1ncccc1OC[C@H]1CCCN(c2cnc3cnn(CC4CC5(COC5)C4)c3n2)C1. The largest absolute Gasteiger partial charge is 0.491 e. The second-order valence-electron chi connectivity index (χ2n) is 10.1. The van der Waals surface area contributed by atoms with Crippen LogP contribution in [0.4, 0.5) is 19.0 Å². The first kappa shape index (κ1) is 22.5. The second kappa shape index (κ2) is 8.61. The van der Waals surface area contributed by atoms with Crippen LogP contribution in [0.25, 0.3) is 11.2 Å². The van der Waals surface area contributed by atoms with E-state index in [-0.39, 0.29) is 18.3 Å². The molecule has 2 aliphatic heterocycles. The highest BCUT2D eigenvalue weighted by atomic mass is 19.4. The maximum Gasteiger partial charge on any atom is 0.437 e. The number of fused-ring (bicyclic) bond motifs is 1. The van der Waals surface area contributed by atoms with Gasteiger partial charge in [0.05, 0.1) is 32.2 Å². The minimum Gasteiger partial charge on any atom is -0.491 e. The number of ether oxygens (including phenoxy) is 2. The lowest BCUT2D eigenvalue weighted by molar-refractivity contribution is -0.181. The Morgan fingerprint density at radius 3 is 2.77 bits per heavy atom. The summed E-state index contributed by atoms with van der Waals surface area (Å²) in [5.74, 6) is 1.19. The van der Waals surface area contributed by atoms with Gasteiger partial charge >= 0.3 is 6.18 Å². The Balaban J connectivity index is 1.12. The summed E-state index contributed by atoms with van der Waals surface area (Å²) in [4.78, 5) is 15.0. The molecule has 186 valence electrons. The van der Waals surface area contributed by atoms with Crippen LogP contribution in [-0.2, 0) is 17.5 Å². The normalized spacial score (nSPS) is 22.3. The van der Waals surface area contributed by atoms with E-state index in [1.165, 1.54) is 25.0 Å². The van der Waals surface area contributed by atoms with Crippen LogP contribution in [0.15, 0.2) is 30.7 Å². The molecule has 1 atom stereocenters. The first-order valence-corrected chi connectivity index (χ1v) is 12.0. The number of piperidine rings is 1. The van der Waals surface area contributed by atoms with E-state index in [1.807, 2.05) is 4.68 Å². The van der Waals surface area contributed by atoms with Gasteiger partial charge in [0.2, 0.25) is 0 Å². The van der Waals surface area contributed by atoms with Gasteiger partial charge in [0.15, 0.2) is 11.3 Å². The van der Waals surface area contributed by atoms with Crippen molar-refractivity contribution in [2.75, 3.05) is 37.8 Å². The molecule has 11 heteroatoms. The maximum absolute atomic E-state index is 13.2. The summed E-state index contributed by atoms with van der Waals surface area (Å²) in [5, 5.41) is 4.53. The average molecular weight is 489 g/mol. The number of aromatic nitrogens is 5. The first-order chi connectivity index (χ1) is 16.9. The van der Waals surface area contributed by atoms with Crippen molar-refractivity contribution in [2.24, 2.45) is 17.3 Å². The molecule has 3 aromatic heterocycles. The molecule has 0 N–H and O–H groups in total. The Bertz CT molecular complexity index is 1200. The summed E-state index contributed by atoms with van der Waals surface area (Å²) < 4.78 is 52.6. The van der Waals surface area contributed by atoms with Crippen molar-refractivity contribution in [2.45, 2.75) is 38.4 Å². The minimum absolute atomic E-state index is 0.0725. The molecular weight excluding hydrogens is 461 g/mol. The van der Waals surface area contributed by atoms with Crippen LogP contribution in [0.1, 0.15) is 31.4 Å². The Labute approximate surface area is 200 Å². The number of nitrogens with zero attached hydrogens (tertiary/aromatic N) is 6. The fraction of sp³-hybridized carbons (Fsp3) is 0.583. The minimum atomic E-state index is -4.55. The molecule has 3 aromatic rings. The van der Waals surface area contributed by atoms with E-state index in [9.17, 15) is 13.2 Å². The molecule has 3 aliphatic rings. The summed E-state index contributed by atoms with van der Waals surface area (Å²) in [6.07, 6.45) is 4.20. The third kappa shape index (κ3) is 4.41. The topological polar surface area (TPSA) is 78.2 Å². The highest BCUT2D eigenvalue weighted by molar-refractivity contribution is 5.71. The number of rotatable bonds is 6. The van der Waals surface area contributed by atoms with Crippen molar-refractivity contribution in [1.82, 2.24) is 24.7 Å². The highest BCUT2D eigenvalue weighted by Crippen LogP contribution is 2.51. The van der Waals surface area contributed by atoms with Crippen LogP contribution in [0, 0.1) is 17.3 Å². The lowest BCUT2D eigenvalue weighted by Gasteiger charge is -2.53. The maximum atomic E-state index is 13.2. The summed E-state index contributed by atoms with van der Waals surface area (Å²) in [7, 11) is 0. The molecule has 2 saturated heterocycles. The molecule has 3 fully saturated rings. The Morgan fingerprint density at radius 1 is 1.14 bits per heavy atom. The fourth-order valence-corrected chi connectivity index (χ4v) is 5.63. The number of hydrogen-bond acceptors (Lipinski definition) is 7. The van der Waals surface area contributed by atoms with Crippen molar-refractivity contribution < 1.29 is 22.6 Å². The van der Waals surface area contributed by atoms with Crippen molar-refractivity contribution in [1.29, 1.82) is 0 Å². The third-order valence-electron chi connectivity index (χ3n) is 7.38. The van der Waals surface area contributed by atoms with E-state index in [4.69, 9.17) is 14.5 Å². The van der Waals surface area contributed by atoms with Gasteiger partial charge in [0, 0.05) is 37.2 Å². The predicted octanol–water partition coefficient (Wildman–Crippen LogP) is 3.96. The van der Waals surface area contributed by atoms with Crippen LogP contribution >= 0.6 is 0 Å². The second-order valence-corrected chi connectivity index (χ2v) is 10.1. The lowest BCUT2D eigenvalue weighted by Crippen LogP contribution is -2.53. The number of pyridine rings is 1. The molecular formula is C24H27F3N6O2. The zero-order valence-corrected chi connectivity index (χ0v) is 19.2. The van der Waals surface area contributed by atoms with Crippen molar-refractivity contribution >= 4 is 17.0 Å². The molecule has 6 rings (SSSR count). The number of hydrogen-bond donors (Lipinski definition) is 0. The zero-order chi connectivity index (χ0) is 24.0. The van der Waals surface area contributed by atoms with E-state index < -0.39 is 11.9 Å². The average Bonchev–Trinajstić information content (AvgIpc) is 3.20. The van der Waals surface area contributed by atoms with E-state index >= 15 is 0 Å². The van der Waals surface area contributed by atoms with Crippen LogP contribution < -0.4 is 9.64 Å². The third-order valence-corrected chi connectivity index (χ3v) is 7.38. The Morgan fingerprint density at radius 2 is 2.00 bits per heavy atom. The van der Waals surface area contributed by atoms with E-state index in [2.05, 4.69) is 20.0 Å². The fourth-order valence-electron chi connectivity index (χ4n) is 5.63. The van der Waals surface area contributed by atoms with Crippen LogP contribution in [0.3, 0.4) is 0 Å². The van der Waals surface area contributed by atoms with Crippen LogP contribution in [0.5, 0.6) is 5.75 Å². The Hall–Kier alpha value is -2.95. The van der Waals surface area contributed by atoms with E-state index in [1.54, 1.807) is 12.4 Å². The van der Waals surface area contributed by atoms with Gasteiger partial charge in [0.25, 0.3) is 0 Å². The highest BCUT2D eigenvalue weighted by Gasteiger charge is 2.49. The summed E-state index contributed by atoms with van der Waals surface area (Å²) >= 11 is 0. The van der Waals surface area contributed by atoms with Gasteiger partial charge in [-0.15, -0.1) is 0 Å². The first-order valence-electron chi connectivity index (χ1n) is 12.0. The van der Waals surface area contributed by atoms with Crippen molar-refractivity contribution in [3.8, 4) is 5.75 Å². The molecule has 8 nitrogen and oxygen atoms in total. The van der Waals surface area contributed by atoms with Gasteiger partial charge < -0.3 is 14.4 Å². The molecule has 0 amide bonds. The molecule has 35 heavy (non-hydrogen) atoms. The predicted molar refractivity (Wildman–Crippen MR) is 121 cm³/mol. The molecule has 1 spiro atoms. The molecule has 0 radical (unpaired) electrons.